The van der Waals surface area contributed by atoms with E-state index in [2.05, 4.69) is 20.9 Å². The first-order valence-electron chi connectivity index (χ1n) is 4.98. The Morgan fingerprint density at radius 3 is 2.65 bits per heavy atom. The highest BCUT2D eigenvalue weighted by Gasteiger charge is 2.07. The van der Waals surface area contributed by atoms with E-state index in [1.54, 1.807) is 19.1 Å². The van der Waals surface area contributed by atoms with E-state index in [0.717, 1.165) is 4.47 Å². The van der Waals surface area contributed by atoms with Crippen molar-refractivity contribution in [3.63, 3.8) is 0 Å². The Morgan fingerprint density at radius 1 is 1.47 bits per heavy atom. The first-order valence-corrected chi connectivity index (χ1v) is 5.77. The van der Waals surface area contributed by atoms with E-state index in [0.29, 0.717) is 11.9 Å². The zero-order valence-corrected chi connectivity index (χ0v) is 10.8. The number of aliphatic imine (C=N–C) groups is 1. The number of ether oxygens (including phenoxy) is 1. The molecule has 1 N–H and O–H groups in total. The highest BCUT2D eigenvalue weighted by molar-refractivity contribution is 9.10. The van der Waals surface area contributed by atoms with Gasteiger partial charge in [0, 0.05) is 10.7 Å². The fourth-order valence-electron chi connectivity index (χ4n) is 1.02. The number of rotatable bonds is 4. The fourth-order valence-corrected chi connectivity index (χ4v) is 1.29. The second-order valence-corrected chi connectivity index (χ2v) is 3.96. The molecule has 17 heavy (non-hydrogen) atoms. The van der Waals surface area contributed by atoms with Crippen LogP contribution < -0.4 is 0 Å². The fraction of sp³-hybridized carbons (Fsp3) is 0.167. The summed E-state index contributed by atoms with van der Waals surface area (Å²) < 4.78 is 5.68. The van der Waals surface area contributed by atoms with Crippen LogP contribution in [0, 0.1) is 0 Å². The van der Waals surface area contributed by atoms with E-state index in [-0.39, 0.29) is 12.2 Å². The lowest BCUT2D eigenvalue weighted by atomic mass is 10.3. The number of aliphatic hydroxyl groups is 1. The SMILES string of the molecule is CCOC(=O)/C(C=Nc1ccc(Br)cc1)=C\O. The molecule has 0 aliphatic heterocycles. The molecule has 0 aliphatic carbocycles. The van der Waals surface area contributed by atoms with E-state index in [4.69, 9.17) is 9.84 Å². The maximum atomic E-state index is 11.3. The second kappa shape index (κ2) is 6.85. The van der Waals surface area contributed by atoms with Crippen LogP contribution >= 0.6 is 15.9 Å². The minimum atomic E-state index is -0.601. The van der Waals surface area contributed by atoms with Crippen molar-refractivity contribution in [3.05, 3.63) is 40.6 Å². The van der Waals surface area contributed by atoms with Gasteiger partial charge in [-0.05, 0) is 31.2 Å². The molecule has 0 saturated heterocycles. The molecule has 0 aliphatic rings. The highest BCUT2D eigenvalue weighted by atomic mass is 79.9. The lowest BCUT2D eigenvalue weighted by Crippen LogP contribution is -2.08. The van der Waals surface area contributed by atoms with Crippen molar-refractivity contribution in [1.29, 1.82) is 0 Å². The number of halogens is 1. The van der Waals surface area contributed by atoms with E-state index < -0.39 is 5.97 Å². The van der Waals surface area contributed by atoms with Gasteiger partial charge in [0.25, 0.3) is 0 Å². The summed E-state index contributed by atoms with van der Waals surface area (Å²) in [4.78, 5) is 15.3. The van der Waals surface area contributed by atoms with E-state index in [1.807, 2.05) is 12.1 Å². The molecule has 90 valence electrons. The number of carbonyl (C=O) groups excluding carboxylic acids is 1. The van der Waals surface area contributed by atoms with Crippen LogP contribution in [0.4, 0.5) is 5.69 Å². The first kappa shape index (κ1) is 13.4. The van der Waals surface area contributed by atoms with Gasteiger partial charge in [-0.1, -0.05) is 15.9 Å². The number of esters is 1. The van der Waals surface area contributed by atoms with Gasteiger partial charge in [-0.25, -0.2) is 4.79 Å². The Bertz CT molecular complexity index is 438. The topological polar surface area (TPSA) is 58.9 Å². The lowest BCUT2D eigenvalue weighted by Gasteiger charge is -2.00. The van der Waals surface area contributed by atoms with Crippen molar-refractivity contribution in [2.45, 2.75) is 6.92 Å². The Hall–Kier alpha value is -1.62. The molecule has 0 heterocycles. The van der Waals surface area contributed by atoms with Gasteiger partial charge in [-0.3, -0.25) is 4.99 Å². The quantitative estimate of drug-likeness (QED) is 0.402. The third kappa shape index (κ3) is 4.40. The molecular weight excluding hydrogens is 286 g/mol. The molecule has 5 heteroatoms. The molecule has 0 spiro atoms. The third-order valence-corrected chi connectivity index (χ3v) is 2.36. The summed E-state index contributed by atoms with van der Waals surface area (Å²) in [6, 6.07) is 7.22. The smallest absolute Gasteiger partial charge is 0.342 e. The molecule has 0 bridgehead atoms. The Kier molecular flexibility index (Phi) is 5.42. The summed E-state index contributed by atoms with van der Waals surface area (Å²) in [6.45, 7) is 1.95. The number of benzene rings is 1. The van der Waals surface area contributed by atoms with Crippen LogP contribution in [0.2, 0.25) is 0 Å². The van der Waals surface area contributed by atoms with Gasteiger partial charge >= 0.3 is 5.97 Å². The van der Waals surface area contributed by atoms with Crippen molar-refractivity contribution in [2.75, 3.05) is 6.61 Å². The van der Waals surface area contributed by atoms with E-state index in [9.17, 15) is 4.79 Å². The molecule has 1 rings (SSSR count). The molecular formula is C12H12BrNO3. The van der Waals surface area contributed by atoms with Crippen LogP contribution in [0.1, 0.15) is 6.92 Å². The normalized spacial score (nSPS) is 11.8. The zero-order chi connectivity index (χ0) is 12.7. The summed E-state index contributed by atoms with van der Waals surface area (Å²) in [5.74, 6) is -0.601. The minimum Gasteiger partial charge on any atom is -0.515 e. The summed E-state index contributed by atoms with van der Waals surface area (Å²) in [6.07, 6.45) is 1.95. The van der Waals surface area contributed by atoms with Gasteiger partial charge in [0.2, 0.25) is 0 Å². The van der Waals surface area contributed by atoms with Crippen molar-refractivity contribution in [3.8, 4) is 0 Å². The van der Waals surface area contributed by atoms with Crippen molar-refractivity contribution in [1.82, 2.24) is 0 Å². The number of hydrogen-bond acceptors (Lipinski definition) is 4. The molecule has 1 aromatic carbocycles. The number of nitrogens with zero attached hydrogens (tertiary/aromatic N) is 1. The maximum Gasteiger partial charge on any atom is 0.342 e. The molecule has 0 unspecified atom stereocenters. The average Bonchev–Trinajstić information content (AvgIpc) is 2.32. The Morgan fingerprint density at radius 2 is 2.12 bits per heavy atom. The van der Waals surface area contributed by atoms with Crippen LogP contribution in [0.3, 0.4) is 0 Å². The molecule has 0 aromatic heterocycles. The van der Waals surface area contributed by atoms with Crippen LogP contribution in [0.25, 0.3) is 0 Å². The van der Waals surface area contributed by atoms with Crippen LogP contribution in [0.15, 0.2) is 45.6 Å². The zero-order valence-electron chi connectivity index (χ0n) is 9.26. The van der Waals surface area contributed by atoms with Gasteiger partial charge in [0.15, 0.2) is 0 Å². The van der Waals surface area contributed by atoms with Gasteiger partial charge in [-0.15, -0.1) is 0 Å². The molecule has 0 fully saturated rings. The highest BCUT2D eigenvalue weighted by Crippen LogP contribution is 2.16. The molecule has 4 nitrogen and oxygen atoms in total. The van der Waals surface area contributed by atoms with Gasteiger partial charge in [0.05, 0.1) is 18.6 Å². The molecule has 0 saturated carbocycles. The van der Waals surface area contributed by atoms with Gasteiger partial charge < -0.3 is 9.84 Å². The number of aliphatic hydroxyl groups excluding tert-OH is 1. The first-order chi connectivity index (χ1) is 8.17. The lowest BCUT2D eigenvalue weighted by molar-refractivity contribution is -0.137. The summed E-state index contributed by atoms with van der Waals surface area (Å²) in [7, 11) is 0. The molecule has 0 atom stereocenters. The molecule has 0 amide bonds. The predicted octanol–water partition coefficient (Wildman–Crippen LogP) is 3.16. The number of hydrogen-bond donors (Lipinski definition) is 1. The van der Waals surface area contributed by atoms with E-state index in [1.165, 1.54) is 6.21 Å². The van der Waals surface area contributed by atoms with Crippen molar-refractivity contribution < 1.29 is 14.6 Å². The largest absolute Gasteiger partial charge is 0.515 e. The molecule has 0 radical (unpaired) electrons. The number of carbonyl (C=O) groups is 1. The van der Waals surface area contributed by atoms with Gasteiger partial charge in [0.1, 0.15) is 5.57 Å². The standard InChI is InChI=1S/C12H12BrNO3/c1-2-17-12(16)9(8-15)7-14-11-5-3-10(13)4-6-11/h3-8,15H,2H2,1H3/b9-8-,14-7?. The molecule has 1 aromatic rings. The minimum absolute atomic E-state index is 0.00905. The monoisotopic (exact) mass is 297 g/mol. The second-order valence-electron chi connectivity index (χ2n) is 3.04. The summed E-state index contributed by atoms with van der Waals surface area (Å²) in [5.41, 5.74) is 0.687. The van der Waals surface area contributed by atoms with Crippen LogP contribution in [-0.4, -0.2) is 23.9 Å². The van der Waals surface area contributed by atoms with Crippen molar-refractivity contribution in [2.24, 2.45) is 4.99 Å². The van der Waals surface area contributed by atoms with Gasteiger partial charge in [-0.2, -0.15) is 0 Å². The average molecular weight is 298 g/mol. The summed E-state index contributed by atoms with van der Waals surface area (Å²) >= 11 is 3.31. The van der Waals surface area contributed by atoms with Crippen molar-refractivity contribution >= 4 is 33.8 Å². The van der Waals surface area contributed by atoms with Crippen LogP contribution in [0.5, 0.6) is 0 Å². The summed E-state index contributed by atoms with van der Waals surface area (Å²) in [5, 5.41) is 8.88. The predicted molar refractivity (Wildman–Crippen MR) is 69.6 cm³/mol. The maximum absolute atomic E-state index is 11.3. The third-order valence-electron chi connectivity index (χ3n) is 1.83. The Balaban J connectivity index is 2.75. The van der Waals surface area contributed by atoms with Crippen LogP contribution in [-0.2, 0) is 9.53 Å². The van der Waals surface area contributed by atoms with E-state index >= 15 is 0 Å². The Labute approximate surface area is 108 Å².